The van der Waals surface area contributed by atoms with Gasteiger partial charge in [0.25, 0.3) is 0 Å². The van der Waals surface area contributed by atoms with Crippen molar-refractivity contribution in [2.75, 3.05) is 19.8 Å². The van der Waals surface area contributed by atoms with Crippen LogP contribution in [0.15, 0.2) is 0 Å². The maximum atomic E-state index is 5.97. The lowest BCUT2D eigenvalue weighted by Gasteiger charge is -2.29. The van der Waals surface area contributed by atoms with Gasteiger partial charge in [0, 0.05) is 19.8 Å². The van der Waals surface area contributed by atoms with E-state index in [1.807, 2.05) is 20.8 Å². The Morgan fingerprint density at radius 2 is 1.38 bits per heavy atom. The smallest absolute Gasteiger partial charge is 0.383 e. The highest BCUT2D eigenvalue weighted by atomic mass is 28.5. The van der Waals surface area contributed by atoms with E-state index in [4.69, 9.17) is 22.8 Å². The van der Waals surface area contributed by atoms with Crippen LogP contribution in [0.4, 0.5) is 0 Å². The molecule has 0 aromatic carbocycles. The Morgan fingerprint density at radius 1 is 0.938 bits per heavy atom. The molecule has 0 aliphatic rings. The first-order chi connectivity index (χ1) is 7.64. The van der Waals surface area contributed by atoms with Crippen LogP contribution in [-0.2, 0) is 17.4 Å². The van der Waals surface area contributed by atoms with Gasteiger partial charge in [-0.25, -0.2) is 0 Å². The Balaban J connectivity index is 4.44. The van der Waals surface area contributed by atoms with Gasteiger partial charge in [0.15, 0.2) is 0 Å². The molecule has 0 saturated heterocycles. The lowest BCUT2D eigenvalue weighted by Crippen LogP contribution is -2.55. The molecule has 2 N–H and O–H groups in total. The summed E-state index contributed by atoms with van der Waals surface area (Å²) in [6, 6.07) is 0.905. The molecule has 0 aliphatic heterocycles. The van der Waals surface area contributed by atoms with Crippen molar-refractivity contribution in [3.63, 3.8) is 0 Å². The molecule has 1 atom stereocenters. The van der Waals surface area contributed by atoms with Crippen LogP contribution >= 0.6 is 0 Å². The van der Waals surface area contributed by atoms with Crippen LogP contribution in [0.5, 0.6) is 0 Å². The SMILES string of the molecule is CCC[SiH](N)O[Si](OCC)(OCC)OCC. The summed E-state index contributed by atoms with van der Waals surface area (Å²) in [5.74, 6) is 0. The van der Waals surface area contributed by atoms with Crippen molar-refractivity contribution in [2.45, 2.75) is 40.2 Å². The summed E-state index contributed by atoms with van der Waals surface area (Å²) in [4.78, 5) is 0. The first-order valence-corrected chi connectivity index (χ1v) is 9.58. The molecule has 5 nitrogen and oxygen atoms in total. The fourth-order valence-electron chi connectivity index (χ4n) is 1.29. The molecule has 0 amide bonds. The molecule has 0 fully saturated rings. The van der Waals surface area contributed by atoms with Gasteiger partial charge in [-0.3, -0.25) is 0 Å². The van der Waals surface area contributed by atoms with Crippen LogP contribution in [0.1, 0.15) is 34.1 Å². The lowest BCUT2D eigenvalue weighted by atomic mass is 10.6. The van der Waals surface area contributed by atoms with Gasteiger partial charge in [-0.1, -0.05) is 13.3 Å². The highest BCUT2D eigenvalue weighted by Crippen LogP contribution is 2.13. The van der Waals surface area contributed by atoms with Crippen LogP contribution in [0.2, 0.25) is 6.04 Å². The monoisotopic (exact) mass is 267 g/mol. The van der Waals surface area contributed by atoms with E-state index in [2.05, 4.69) is 6.92 Å². The number of rotatable bonds is 10. The van der Waals surface area contributed by atoms with Crippen molar-refractivity contribution in [1.29, 1.82) is 0 Å². The van der Waals surface area contributed by atoms with Gasteiger partial charge in [0.05, 0.1) is 0 Å². The van der Waals surface area contributed by atoms with E-state index in [0.29, 0.717) is 19.8 Å². The second kappa shape index (κ2) is 9.28. The largest absolute Gasteiger partial charge is 0.669 e. The van der Waals surface area contributed by atoms with E-state index in [1.54, 1.807) is 0 Å². The molecular weight excluding hydrogens is 242 g/mol. The predicted octanol–water partition coefficient (Wildman–Crippen LogP) is 1.14. The van der Waals surface area contributed by atoms with E-state index in [9.17, 15) is 0 Å². The van der Waals surface area contributed by atoms with Crippen molar-refractivity contribution in [2.24, 2.45) is 5.40 Å². The summed E-state index contributed by atoms with van der Waals surface area (Å²) in [6.45, 7) is 9.32. The third-order valence-electron chi connectivity index (χ3n) is 1.83. The van der Waals surface area contributed by atoms with Crippen molar-refractivity contribution in [3.05, 3.63) is 0 Å². The average molecular weight is 267 g/mol. The fourth-order valence-corrected chi connectivity index (χ4v) is 5.94. The number of hydrogen-bond donors (Lipinski definition) is 1. The van der Waals surface area contributed by atoms with Crippen LogP contribution < -0.4 is 5.40 Å². The summed E-state index contributed by atoms with van der Waals surface area (Å²) in [6.07, 6.45) is 1.02. The zero-order chi connectivity index (χ0) is 12.4. The molecule has 1 unspecified atom stereocenters. The van der Waals surface area contributed by atoms with Crippen molar-refractivity contribution in [1.82, 2.24) is 0 Å². The zero-order valence-corrected chi connectivity index (χ0v) is 13.0. The van der Waals surface area contributed by atoms with Gasteiger partial charge in [-0.2, -0.15) is 0 Å². The zero-order valence-electron chi connectivity index (χ0n) is 10.8. The lowest BCUT2D eigenvalue weighted by molar-refractivity contribution is 0.00853. The molecule has 0 bridgehead atoms. The van der Waals surface area contributed by atoms with Gasteiger partial charge in [0.2, 0.25) is 9.20 Å². The number of nitrogens with two attached hydrogens (primary N) is 1. The predicted molar refractivity (Wildman–Crippen MR) is 68.2 cm³/mol. The Kier molecular flexibility index (Phi) is 9.42. The second-order valence-corrected chi connectivity index (χ2v) is 7.71. The van der Waals surface area contributed by atoms with E-state index >= 15 is 0 Å². The van der Waals surface area contributed by atoms with Gasteiger partial charge >= 0.3 is 9.05 Å². The van der Waals surface area contributed by atoms with Gasteiger partial charge < -0.3 is 22.8 Å². The van der Waals surface area contributed by atoms with Gasteiger partial charge in [0.1, 0.15) is 0 Å². The minimum atomic E-state index is -2.96. The molecule has 7 heteroatoms. The molecular formula is C9H25NO4Si2. The summed E-state index contributed by atoms with van der Waals surface area (Å²) in [5.41, 5.74) is 0. The molecule has 0 radical (unpaired) electrons. The molecule has 16 heavy (non-hydrogen) atoms. The first kappa shape index (κ1) is 16.2. The maximum Gasteiger partial charge on any atom is 0.669 e. The Morgan fingerprint density at radius 3 is 1.69 bits per heavy atom. The molecule has 0 spiro atoms. The highest BCUT2D eigenvalue weighted by molar-refractivity contribution is 6.65. The molecule has 0 aliphatic carbocycles. The Bertz CT molecular complexity index is 157. The highest BCUT2D eigenvalue weighted by Gasteiger charge is 2.46. The Labute approximate surface area is 102 Å². The summed E-state index contributed by atoms with van der Waals surface area (Å²) in [7, 11) is -4.69. The van der Waals surface area contributed by atoms with Crippen LogP contribution in [0.25, 0.3) is 0 Å². The normalized spacial score (nSPS) is 14.1. The second-order valence-electron chi connectivity index (χ2n) is 3.24. The standard InChI is InChI=1S/C9H25NO4Si2/c1-5-9-15(10)14-16(11-6-2,12-7-3)13-8-4/h15H,5-10H2,1-4H3. The minimum Gasteiger partial charge on any atom is -0.383 e. The Hall–Kier alpha value is 0.234. The third-order valence-corrected chi connectivity index (χ3v) is 7.27. The average Bonchev–Trinajstić information content (AvgIpc) is 2.18. The van der Waals surface area contributed by atoms with Crippen LogP contribution in [0.3, 0.4) is 0 Å². The third kappa shape index (κ3) is 6.09. The number of hydrogen-bond acceptors (Lipinski definition) is 5. The van der Waals surface area contributed by atoms with E-state index in [-0.39, 0.29) is 0 Å². The molecule has 98 valence electrons. The summed E-state index contributed by atoms with van der Waals surface area (Å²) < 4.78 is 22.5. The van der Waals surface area contributed by atoms with E-state index < -0.39 is 18.2 Å². The van der Waals surface area contributed by atoms with Crippen molar-refractivity contribution >= 4 is 18.2 Å². The van der Waals surface area contributed by atoms with Gasteiger partial charge in [-0.05, 0) is 26.8 Å². The molecule has 0 saturated carbocycles. The minimum absolute atomic E-state index is 0.513. The van der Waals surface area contributed by atoms with Crippen LogP contribution in [0, 0.1) is 0 Å². The summed E-state index contributed by atoms with van der Waals surface area (Å²) in [5, 5.41) is 5.97. The van der Waals surface area contributed by atoms with E-state index in [0.717, 1.165) is 12.5 Å². The van der Waals surface area contributed by atoms with Gasteiger partial charge in [-0.15, -0.1) is 0 Å². The topological polar surface area (TPSA) is 62.9 Å². The van der Waals surface area contributed by atoms with E-state index in [1.165, 1.54) is 0 Å². The molecule has 0 rings (SSSR count). The van der Waals surface area contributed by atoms with Crippen molar-refractivity contribution in [3.8, 4) is 0 Å². The molecule has 0 aromatic heterocycles. The first-order valence-electron chi connectivity index (χ1n) is 5.99. The summed E-state index contributed by atoms with van der Waals surface area (Å²) >= 11 is 0. The maximum absolute atomic E-state index is 5.97. The molecule has 0 aromatic rings. The molecule has 0 heterocycles. The quantitative estimate of drug-likeness (QED) is 0.601. The van der Waals surface area contributed by atoms with Crippen molar-refractivity contribution < 1.29 is 17.4 Å². The van der Waals surface area contributed by atoms with Crippen LogP contribution in [-0.4, -0.2) is 38.1 Å². The fraction of sp³-hybridized carbons (Fsp3) is 1.00.